The van der Waals surface area contributed by atoms with Crippen LogP contribution in [0.4, 0.5) is 0 Å². The maximum absolute atomic E-state index is 13.5. The SMILES string of the molecule is CCCc1cc2c(=O)c(-c3ccc4c(c3)OCCCO4)coc2cc1OCC(=O)OCc1ccccc1. The minimum atomic E-state index is -0.474. The number of esters is 1. The van der Waals surface area contributed by atoms with Gasteiger partial charge in [-0.2, -0.15) is 0 Å². The first-order chi connectivity index (χ1) is 18.1. The Morgan fingerprint density at radius 2 is 1.78 bits per heavy atom. The summed E-state index contributed by atoms with van der Waals surface area (Å²) in [6.07, 6.45) is 3.77. The van der Waals surface area contributed by atoms with Crippen LogP contribution in [0.1, 0.15) is 30.9 Å². The molecule has 0 bridgehead atoms. The molecule has 0 unspecified atom stereocenters. The number of carbonyl (C=O) groups is 1. The summed E-state index contributed by atoms with van der Waals surface area (Å²) in [6.45, 7) is 3.14. The van der Waals surface area contributed by atoms with Crippen LogP contribution in [0.15, 0.2) is 76.1 Å². The van der Waals surface area contributed by atoms with E-state index in [1.54, 1.807) is 12.1 Å². The largest absolute Gasteiger partial charge is 0.490 e. The Labute approximate surface area is 214 Å². The molecular weight excluding hydrogens is 472 g/mol. The molecule has 4 aromatic rings. The minimum Gasteiger partial charge on any atom is -0.490 e. The van der Waals surface area contributed by atoms with Crippen LogP contribution in [0.5, 0.6) is 17.2 Å². The molecule has 0 spiro atoms. The molecule has 0 radical (unpaired) electrons. The lowest BCUT2D eigenvalue weighted by Crippen LogP contribution is -2.15. The zero-order chi connectivity index (χ0) is 25.6. The lowest BCUT2D eigenvalue weighted by molar-refractivity contribution is -0.147. The van der Waals surface area contributed by atoms with Crippen molar-refractivity contribution in [2.45, 2.75) is 32.8 Å². The summed E-state index contributed by atoms with van der Waals surface area (Å²) < 4.78 is 28.5. The summed E-state index contributed by atoms with van der Waals surface area (Å²) in [7, 11) is 0. The van der Waals surface area contributed by atoms with Crippen molar-refractivity contribution in [1.29, 1.82) is 0 Å². The van der Waals surface area contributed by atoms with Gasteiger partial charge in [0.2, 0.25) is 5.43 Å². The molecule has 0 saturated carbocycles. The molecule has 0 fully saturated rings. The summed E-state index contributed by atoms with van der Waals surface area (Å²) in [5.74, 6) is 1.31. The van der Waals surface area contributed by atoms with Crippen LogP contribution in [-0.2, 0) is 22.6 Å². The molecule has 1 aliphatic heterocycles. The lowest BCUT2D eigenvalue weighted by atomic mass is 10.0. The third kappa shape index (κ3) is 5.61. The minimum absolute atomic E-state index is 0.151. The van der Waals surface area contributed by atoms with E-state index in [1.807, 2.05) is 55.5 Å². The molecule has 3 aromatic carbocycles. The van der Waals surface area contributed by atoms with Gasteiger partial charge in [-0.3, -0.25) is 4.79 Å². The van der Waals surface area contributed by atoms with Gasteiger partial charge in [0.05, 0.1) is 24.2 Å². The van der Waals surface area contributed by atoms with Gasteiger partial charge >= 0.3 is 5.97 Å². The Balaban J connectivity index is 1.38. The van der Waals surface area contributed by atoms with Crippen LogP contribution in [0.25, 0.3) is 22.1 Å². The van der Waals surface area contributed by atoms with E-state index in [1.165, 1.54) is 6.26 Å². The number of aryl methyl sites for hydroxylation is 1. The lowest BCUT2D eigenvalue weighted by Gasteiger charge is -2.13. The van der Waals surface area contributed by atoms with Crippen molar-refractivity contribution in [2.75, 3.05) is 19.8 Å². The molecule has 7 nitrogen and oxygen atoms in total. The standard InChI is InChI=1S/C30H28O7/c1-2-7-22-14-23-27(16-26(22)36-19-29(31)37-17-20-8-4-3-5-9-20)35-18-24(30(23)32)21-10-11-25-28(15-21)34-13-6-12-33-25/h3-5,8-11,14-16,18H,2,6-7,12-13,17,19H2,1H3. The second-order valence-corrected chi connectivity index (χ2v) is 8.83. The number of fused-ring (bicyclic) bond motifs is 2. The number of hydrogen-bond acceptors (Lipinski definition) is 7. The number of hydrogen-bond donors (Lipinski definition) is 0. The molecule has 0 aliphatic carbocycles. The van der Waals surface area contributed by atoms with E-state index in [9.17, 15) is 9.59 Å². The first kappa shape index (κ1) is 24.4. The van der Waals surface area contributed by atoms with E-state index in [0.717, 1.165) is 24.0 Å². The highest BCUT2D eigenvalue weighted by atomic mass is 16.6. The van der Waals surface area contributed by atoms with Crippen LogP contribution in [0, 0.1) is 0 Å². The third-order valence-electron chi connectivity index (χ3n) is 6.12. The van der Waals surface area contributed by atoms with Gasteiger partial charge in [0, 0.05) is 12.5 Å². The Morgan fingerprint density at radius 3 is 2.59 bits per heavy atom. The van der Waals surface area contributed by atoms with Crippen LogP contribution < -0.4 is 19.6 Å². The van der Waals surface area contributed by atoms with Crippen molar-refractivity contribution in [2.24, 2.45) is 0 Å². The van der Waals surface area contributed by atoms with E-state index in [-0.39, 0.29) is 18.6 Å². The van der Waals surface area contributed by atoms with Gasteiger partial charge in [-0.1, -0.05) is 49.7 Å². The van der Waals surface area contributed by atoms with Gasteiger partial charge in [-0.05, 0) is 41.3 Å². The van der Waals surface area contributed by atoms with Gasteiger partial charge < -0.3 is 23.4 Å². The van der Waals surface area contributed by atoms with Gasteiger partial charge in [0.25, 0.3) is 0 Å². The fourth-order valence-electron chi connectivity index (χ4n) is 4.25. The summed E-state index contributed by atoms with van der Waals surface area (Å²) in [5, 5.41) is 0.451. The zero-order valence-corrected chi connectivity index (χ0v) is 20.7. The summed E-state index contributed by atoms with van der Waals surface area (Å²) in [5.41, 5.74) is 3.09. The molecule has 7 heteroatoms. The fraction of sp³-hybridized carbons (Fsp3) is 0.267. The van der Waals surface area contributed by atoms with Crippen molar-refractivity contribution in [3.63, 3.8) is 0 Å². The van der Waals surface area contributed by atoms with Gasteiger partial charge in [-0.15, -0.1) is 0 Å². The van der Waals surface area contributed by atoms with Crippen molar-refractivity contribution in [1.82, 2.24) is 0 Å². The smallest absolute Gasteiger partial charge is 0.344 e. The van der Waals surface area contributed by atoms with Crippen LogP contribution in [0.3, 0.4) is 0 Å². The topological polar surface area (TPSA) is 84.2 Å². The average Bonchev–Trinajstić information content (AvgIpc) is 3.17. The van der Waals surface area contributed by atoms with Gasteiger partial charge in [-0.25, -0.2) is 4.79 Å². The van der Waals surface area contributed by atoms with Crippen molar-refractivity contribution in [3.05, 3.63) is 88.3 Å². The van der Waals surface area contributed by atoms with E-state index in [0.29, 0.717) is 59.0 Å². The highest BCUT2D eigenvalue weighted by Gasteiger charge is 2.17. The molecule has 0 atom stereocenters. The molecule has 0 amide bonds. The van der Waals surface area contributed by atoms with E-state index < -0.39 is 5.97 Å². The molecule has 0 N–H and O–H groups in total. The fourth-order valence-corrected chi connectivity index (χ4v) is 4.25. The first-order valence-corrected chi connectivity index (χ1v) is 12.4. The highest BCUT2D eigenvalue weighted by molar-refractivity contribution is 5.84. The number of rotatable bonds is 8. The van der Waals surface area contributed by atoms with E-state index in [2.05, 4.69) is 0 Å². The molecule has 37 heavy (non-hydrogen) atoms. The molecule has 0 saturated heterocycles. The molecule has 1 aromatic heterocycles. The monoisotopic (exact) mass is 500 g/mol. The third-order valence-corrected chi connectivity index (χ3v) is 6.12. The van der Waals surface area contributed by atoms with Crippen molar-refractivity contribution in [3.8, 4) is 28.4 Å². The summed E-state index contributed by atoms with van der Waals surface area (Å²) in [4.78, 5) is 25.7. The predicted molar refractivity (Wildman–Crippen MR) is 139 cm³/mol. The molecule has 190 valence electrons. The Bertz CT molecular complexity index is 1460. The van der Waals surface area contributed by atoms with E-state index >= 15 is 0 Å². The number of ether oxygens (including phenoxy) is 4. The Hall–Kier alpha value is -4.26. The second-order valence-electron chi connectivity index (χ2n) is 8.83. The van der Waals surface area contributed by atoms with Crippen molar-refractivity contribution >= 4 is 16.9 Å². The summed E-state index contributed by atoms with van der Waals surface area (Å²) in [6, 6.07) is 18.4. The highest BCUT2D eigenvalue weighted by Crippen LogP contribution is 2.34. The Morgan fingerprint density at radius 1 is 0.973 bits per heavy atom. The molecule has 1 aliphatic rings. The normalized spacial score (nSPS) is 12.7. The van der Waals surface area contributed by atoms with Gasteiger partial charge in [0.15, 0.2) is 18.1 Å². The first-order valence-electron chi connectivity index (χ1n) is 12.4. The Kier molecular flexibility index (Phi) is 7.40. The predicted octanol–water partition coefficient (Wildman–Crippen LogP) is 5.70. The van der Waals surface area contributed by atoms with E-state index in [4.69, 9.17) is 23.4 Å². The van der Waals surface area contributed by atoms with Crippen molar-refractivity contribution < 1.29 is 28.2 Å². The van der Waals surface area contributed by atoms with Crippen LogP contribution >= 0.6 is 0 Å². The number of benzene rings is 3. The molecule has 2 heterocycles. The summed E-state index contributed by atoms with van der Waals surface area (Å²) >= 11 is 0. The van der Waals surface area contributed by atoms with Gasteiger partial charge in [0.1, 0.15) is 24.2 Å². The quantitative estimate of drug-likeness (QED) is 0.287. The average molecular weight is 501 g/mol. The maximum Gasteiger partial charge on any atom is 0.344 e. The van der Waals surface area contributed by atoms with Crippen LogP contribution in [0.2, 0.25) is 0 Å². The zero-order valence-electron chi connectivity index (χ0n) is 20.7. The maximum atomic E-state index is 13.5. The van der Waals surface area contributed by atoms with Crippen LogP contribution in [-0.4, -0.2) is 25.8 Å². The number of carbonyl (C=O) groups excluding carboxylic acids is 1. The molecular formula is C30H28O7. The molecule has 5 rings (SSSR count). The second kappa shape index (κ2) is 11.2.